The van der Waals surface area contributed by atoms with Crippen molar-refractivity contribution < 1.29 is 22.0 Å². The highest BCUT2D eigenvalue weighted by Gasteiger charge is 2.22. The summed E-state index contributed by atoms with van der Waals surface area (Å²) in [5.74, 6) is -2.24. The Hall–Kier alpha value is -2.52. The van der Waals surface area contributed by atoms with Gasteiger partial charge in [0.15, 0.2) is 0 Å². The van der Waals surface area contributed by atoms with E-state index >= 15 is 0 Å². The number of nitrogens with zero attached hydrogens (tertiary/aromatic N) is 1. The molecular formula is C21H25F2N3O3S. The number of carbonyl (C=O) groups excluding carboxylic acids is 1. The summed E-state index contributed by atoms with van der Waals surface area (Å²) >= 11 is 0. The summed E-state index contributed by atoms with van der Waals surface area (Å²) in [6.45, 7) is 0. The third-order valence-electron chi connectivity index (χ3n) is 5.47. The van der Waals surface area contributed by atoms with E-state index in [9.17, 15) is 22.0 Å². The van der Waals surface area contributed by atoms with E-state index in [1.165, 1.54) is 19.5 Å². The molecule has 6 nitrogen and oxygen atoms in total. The van der Waals surface area contributed by atoms with Crippen LogP contribution in [0.2, 0.25) is 0 Å². The van der Waals surface area contributed by atoms with Crippen molar-refractivity contribution in [1.82, 2.24) is 4.72 Å². The number of amides is 1. The Kier molecular flexibility index (Phi) is 6.72. The van der Waals surface area contributed by atoms with Crippen LogP contribution in [0.5, 0.6) is 0 Å². The third kappa shape index (κ3) is 4.79. The van der Waals surface area contributed by atoms with Crippen molar-refractivity contribution >= 4 is 27.3 Å². The number of hydrogen-bond acceptors (Lipinski definition) is 4. The lowest BCUT2D eigenvalue weighted by atomic mass is 9.94. The van der Waals surface area contributed by atoms with Crippen LogP contribution in [0.1, 0.15) is 42.5 Å². The average molecular weight is 438 g/mol. The molecule has 1 aliphatic carbocycles. The second kappa shape index (κ2) is 9.09. The minimum absolute atomic E-state index is 0.152. The zero-order valence-corrected chi connectivity index (χ0v) is 17.7. The van der Waals surface area contributed by atoms with Crippen LogP contribution < -0.4 is 14.9 Å². The van der Waals surface area contributed by atoms with Crippen molar-refractivity contribution in [2.45, 2.75) is 43.0 Å². The van der Waals surface area contributed by atoms with Crippen LogP contribution in [-0.4, -0.2) is 34.5 Å². The first-order chi connectivity index (χ1) is 14.2. The first kappa shape index (κ1) is 22.2. The van der Waals surface area contributed by atoms with Gasteiger partial charge in [0.25, 0.3) is 5.91 Å². The Morgan fingerprint density at radius 2 is 1.73 bits per heavy atom. The summed E-state index contributed by atoms with van der Waals surface area (Å²) in [7, 11) is -0.766. The van der Waals surface area contributed by atoms with Crippen LogP contribution in [0.4, 0.5) is 20.2 Å². The van der Waals surface area contributed by atoms with E-state index in [1.54, 1.807) is 12.1 Å². The summed E-state index contributed by atoms with van der Waals surface area (Å²) < 4.78 is 54.7. The molecule has 0 bridgehead atoms. The predicted molar refractivity (Wildman–Crippen MR) is 112 cm³/mol. The first-order valence-electron chi connectivity index (χ1n) is 9.80. The van der Waals surface area contributed by atoms with Gasteiger partial charge in [-0.25, -0.2) is 21.9 Å². The summed E-state index contributed by atoms with van der Waals surface area (Å²) in [6, 6.07) is 7.49. The van der Waals surface area contributed by atoms with Gasteiger partial charge < -0.3 is 10.2 Å². The second-order valence-corrected chi connectivity index (χ2v) is 9.26. The number of rotatable bonds is 6. The highest BCUT2D eigenvalue weighted by atomic mass is 32.2. The highest BCUT2D eigenvalue weighted by molar-refractivity contribution is 7.89. The van der Waals surface area contributed by atoms with Gasteiger partial charge in [0.1, 0.15) is 11.6 Å². The number of sulfonamides is 1. The number of nitrogens with one attached hydrogen (secondary N) is 2. The Labute approximate surface area is 175 Å². The van der Waals surface area contributed by atoms with Crippen LogP contribution in [0, 0.1) is 11.6 Å². The molecule has 0 radical (unpaired) electrons. The maximum Gasteiger partial charge on any atom is 0.258 e. The van der Waals surface area contributed by atoms with Gasteiger partial charge in [-0.1, -0.05) is 19.3 Å². The van der Waals surface area contributed by atoms with E-state index in [2.05, 4.69) is 10.0 Å². The van der Waals surface area contributed by atoms with Gasteiger partial charge in [0, 0.05) is 18.8 Å². The molecule has 2 aromatic rings. The van der Waals surface area contributed by atoms with Gasteiger partial charge in [0.05, 0.1) is 16.1 Å². The number of halogens is 2. The molecule has 1 aliphatic rings. The van der Waals surface area contributed by atoms with E-state index in [4.69, 9.17) is 0 Å². The van der Waals surface area contributed by atoms with Crippen molar-refractivity contribution in [3.63, 3.8) is 0 Å². The lowest BCUT2D eigenvalue weighted by Gasteiger charge is -2.33. The molecule has 0 atom stereocenters. The van der Waals surface area contributed by atoms with Crippen molar-refractivity contribution in [2.75, 3.05) is 24.3 Å². The normalized spacial score (nSPS) is 15.1. The molecule has 1 amide bonds. The van der Waals surface area contributed by atoms with Gasteiger partial charge in [-0.05, 0) is 56.3 Å². The molecule has 1 fully saturated rings. The number of carbonyl (C=O) groups is 1. The fourth-order valence-electron chi connectivity index (χ4n) is 3.70. The molecule has 0 spiro atoms. The third-order valence-corrected chi connectivity index (χ3v) is 6.88. The van der Waals surface area contributed by atoms with Crippen molar-refractivity contribution in [1.29, 1.82) is 0 Å². The molecule has 0 aromatic heterocycles. The van der Waals surface area contributed by atoms with E-state index < -0.39 is 33.1 Å². The Morgan fingerprint density at radius 3 is 2.37 bits per heavy atom. The van der Waals surface area contributed by atoms with Gasteiger partial charge in [-0.15, -0.1) is 0 Å². The quantitative estimate of drug-likeness (QED) is 0.719. The largest absolute Gasteiger partial charge is 0.369 e. The maximum atomic E-state index is 14.7. The van der Waals surface area contributed by atoms with Crippen molar-refractivity contribution in [3.05, 3.63) is 53.6 Å². The molecule has 162 valence electrons. The molecule has 9 heteroatoms. The first-order valence-corrected chi connectivity index (χ1v) is 11.3. The predicted octanol–water partition coefficient (Wildman–Crippen LogP) is 3.89. The van der Waals surface area contributed by atoms with Crippen LogP contribution in [-0.2, 0) is 10.0 Å². The molecule has 2 N–H and O–H groups in total. The molecule has 0 aliphatic heterocycles. The fraction of sp³-hybridized carbons (Fsp3) is 0.381. The molecule has 30 heavy (non-hydrogen) atoms. The monoisotopic (exact) mass is 437 g/mol. The van der Waals surface area contributed by atoms with Crippen LogP contribution >= 0.6 is 0 Å². The van der Waals surface area contributed by atoms with Crippen molar-refractivity contribution in [3.8, 4) is 0 Å². The molecule has 2 aromatic carbocycles. The summed E-state index contributed by atoms with van der Waals surface area (Å²) in [5.41, 5.74) is 0.142. The molecule has 3 rings (SSSR count). The smallest absolute Gasteiger partial charge is 0.258 e. The fourth-order valence-corrected chi connectivity index (χ4v) is 4.45. The average Bonchev–Trinajstić information content (AvgIpc) is 2.74. The van der Waals surface area contributed by atoms with Gasteiger partial charge in [-0.3, -0.25) is 4.79 Å². The Morgan fingerprint density at radius 1 is 1.03 bits per heavy atom. The van der Waals surface area contributed by atoms with Gasteiger partial charge >= 0.3 is 0 Å². The summed E-state index contributed by atoms with van der Waals surface area (Å²) in [4.78, 5) is 14.2. The minimum atomic E-state index is -3.84. The zero-order chi connectivity index (χ0) is 21.9. The van der Waals surface area contributed by atoms with Gasteiger partial charge in [-0.2, -0.15) is 0 Å². The van der Waals surface area contributed by atoms with E-state index in [0.717, 1.165) is 43.9 Å². The van der Waals surface area contributed by atoms with Crippen molar-refractivity contribution in [2.24, 2.45) is 0 Å². The zero-order valence-electron chi connectivity index (χ0n) is 16.9. The molecule has 0 heterocycles. The number of benzene rings is 2. The second-order valence-electron chi connectivity index (χ2n) is 7.37. The lowest BCUT2D eigenvalue weighted by Crippen LogP contribution is -2.33. The SMILES string of the molecule is CNS(=O)(=O)c1ccc(F)c(C(=O)Nc2ccc(N(C)C3CCCCC3)c(F)c2)c1. The van der Waals surface area contributed by atoms with E-state index in [1.807, 2.05) is 11.9 Å². The number of hydrogen-bond donors (Lipinski definition) is 2. The van der Waals surface area contributed by atoms with Gasteiger partial charge in [0.2, 0.25) is 10.0 Å². The van der Waals surface area contributed by atoms with E-state index in [-0.39, 0.29) is 16.6 Å². The Balaban J connectivity index is 1.79. The molecule has 1 saturated carbocycles. The highest BCUT2D eigenvalue weighted by Crippen LogP contribution is 2.29. The topological polar surface area (TPSA) is 78.5 Å². The van der Waals surface area contributed by atoms with E-state index in [0.29, 0.717) is 5.69 Å². The van der Waals surface area contributed by atoms with Crippen LogP contribution in [0.25, 0.3) is 0 Å². The lowest BCUT2D eigenvalue weighted by molar-refractivity contribution is 0.102. The maximum absolute atomic E-state index is 14.7. The molecule has 0 unspecified atom stereocenters. The summed E-state index contributed by atoms with van der Waals surface area (Å²) in [5, 5.41) is 2.43. The summed E-state index contributed by atoms with van der Waals surface area (Å²) in [6.07, 6.45) is 5.47. The molecule has 0 saturated heterocycles. The molecular weight excluding hydrogens is 412 g/mol. The Bertz CT molecular complexity index is 1040. The standard InChI is InChI=1S/C21H25F2N3O3S/c1-24-30(28,29)16-9-10-18(22)17(13-16)21(27)25-14-8-11-20(19(23)12-14)26(2)15-6-4-3-5-7-15/h8-13,15,24H,3-7H2,1-2H3,(H,25,27). The number of anilines is 2. The van der Waals surface area contributed by atoms with Crippen LogP contribution in [0.3, 0.4) is 0 Å². The minimum Gasteiger partial charge on any atom is -0.369 e. The van der Waals surface area contributed by atoms with Crippen LogP contribution in [0.15, 0.2) is 41.3 Å².